The molecule has 2 aliphatic rings. The minimum atomic E-state index is -1.46. The van der Waals surface area contributed by atoms with E-state index in [4.69, 9.17) is 0 Å². The number of ketones is 2. The Bertz CT molecular complexity index is 729. The summed E-state index contributed by atoms with van der Waals surface area (Å²) in [6.45, 7) is 0. The van der Waals surface area contributed by atoms with Gasteiger partial charge in [-0.15, -0.1) is 0 Å². The molecule has 0 aromatic heterocycles. The van der Waals surface area contributed by atoms with Gasteiger partial charge in [0, 0.05) is 22.6 Å². The van der Waals surface area contributed by atoms with Crippen molar-refractivity contribution >= 4 is 17.3 Å². The Hall–Kier alpha value is -2.89. The van der Waals surface area contributed by atoms with Crippen molar-refractivity contribution in [3.63, 3.8) is 0 Å². The maximum atomic E-state index is 12.2. The summed E-state index contributed by atoms with van der Waals surface area (Å²) in [4.78, 5) is 38.0. The topological polar surface area (TPSA) is 89.6 Å². The van der Waals surface area contributed by atoms with E-state index in [2.05, 4.69) is 4.99 Å². The lowest BCUT2D eigenvalue weighted by Crippen LogP contribution is -2.29. The van der Waals surface area contributed by atoms with Crippen LogP contribution < -0.4 is 0 Å². The summed E-state index contributed by atoms with van der Waals surface area (Å²) in [5.74, 6) is -1.08. The number of fused-ring (bicyclic) bond motifs is 1. The van der Waals surface area contributed by atoms with Gasteiger partial charge >= 0.3 is 0 Å². The van der Waals surface area contributed by atoms with E-state index in [1.807, 2.05) is 0 Å². The summed E-state index contributed by atoms with van der Waals surface area (Å²) in [5.41, 5.74) is 1.17. The second kappa shape index (κ2) is 4.34. The molecule has 98 valence electrons. The van der Waals surface area contributed by atoms with Gasteiger partial charge in [-0.3, -0.25) is 19.7 Å². The van der Waals surface area contributed by atoms with Crippen LogP contribution in [0.15, 0.2) is 58.7 Å². The molecule has 0 bridgehead atoms. The van der Waals surface area contributed by atoms with Gasteiger partial charge in [0.2, 0.25) is 11.6 Å². The summed E-state index contributed by atoms with van der Waals surface area (Å²) in [7, 11) is 0. The predicted molar refractivity (Wildman–Crippen MR) is 69.9 cm³/mol. The van der Waals surface area contributed by atoms with Crippen LogP contribution in [0.4, 0.5) is 0 Å². The zero-order valence-corrected chi connectivity index (χ0v) is 10.1. The number of aliphatic imine (C=N–C) groups is 1. The molecule has 20 heavy (non-hydrogen) atoms. The van der Waals surface area contributed by atoms with Crippen molar-refractivity contribution < 1.29 is 14.5 Å². The first-order chi connectivity index (χ1) is 9.58. The van der Waals surface area contributed by atoms with Gasteiger partial charge in [-0.25, -0.2) is 4.99 Å². The number of rotatable bonds is 2. The van der Waals surface area contributed by atoms with Gasteiger partial charge in [-0.05, 0) is 0 Å². The number of Topliss-reactive ketones (excluding diaryl/α,β-unsaturated/α-hetero) is 1. The van der Waals surface area contributed by atoms with E-state index < -0.39 is 16.7 Å². The first kappa shape index (κ1) is 12.2. The molecule has 0 fully saturated rings. The molecule has 0 N–H and O–H groups in total. The maximum absolute atomic E-state index is 12.2. The zero-order chi connectivity index (χ0) is 14.3. The molecule has 1 aromatic rings. The number of allylic oxidation sites excluding steroid dienone is 1. The Balaban J connectivity index is 2.07. The highest BCUT2D eigenvalue weighted by Gasteiger charge is 2.38. The third-order valence-electron chi connectivity index (χ3n) is 3.14. The first-order valence-corrected chi connectivity index (χ1v) is 5.88. The molecule has 0 spiro atoms. The van der Waals surface area contributed by atoms with Crippen LogP contribution in [0.3, 0.4) is 0 Å². The zero-order valence-electron chi connectivity index (χ0n) is 10.1. The number of hydrogen-bond acceptors (Lipinski definition) is 5. The van der Waals surface area contributed by atoms with Gasteiger partial charge < -0.3 is 0 Å². The highest BCUT2D eigenvalue weighted by atomic mass is 16.6. The predicted octanol–water partition coefficient (Wildman–Crippen LogP) is 1.10. The Morgan fingerprint density at radius 3 is 2.50 bits per heavy atom. The van der Waals surface area contributed by atoms with Crippen molar-refractivity contribution in [1.82, 2.24) is 0 Å². The normalized spacial score (nSPS) is 21.0. The van der Waals surface area contributed by atoms with Crippen LogP contribution in [0, 0.1) is 10.1 Å². The summed E-state index contributed by atoms with van der Waals surface area (Å²) in [6.07, 6.45) is 2.15. The van der Waals surface area contributed by atoms with Crippen molar-refractivity contribution in [3.05, 3.63) is 69.4 Å². The van der Waals surface area contributed by atoms with Crippen LogP contribution in [0.5, 0.6) is 0 Å². The van der Waals surface area contributed by atoms with E-state index in [-0.39, 0.29) is 22.8 Å². The van der Waals surface area contributed by atoms with Crippen molar-refractivity contribution in [3.8, 4) is 0 Å². The SMILES string of the molecule is O=C1C2=CC(=O)C([N+](=O)[O-])C=C2N=C1c1ccccc1. The second-order valence-corrected chi connectivity index (χ2v) is 4.40. The molecule has 0 radical (unpaired) electrons. The second-order valence-electron chi connectivity index (χ2n) is 4.40. The van der Waals surface area contributed by atoms with Crippen molar-refractivity contribution in [1.29, 1.82) is 0 Å². The van der Waals surface area contributed by atoms with Crippen molar-refractivity contribution in [2.45, 2.75) is 6.04 Å². The Kier molecular flexibility index (Phi) is 2.64. The highest BCUT2D eigenvalue weighted by molar-refractivity contribution is 6.55. The van der Waals surface area contributed by atoms with Gasteiger partial charge in [0.1, 0.15) is 5.71 Å². The number of nitro groups is 1. The average molecular weight is 268 g/mol. The quantitative estimate of drug-likeness (QED) is 0.593. The molecular weight excluding hydrogens is 260 g/mol. The van der Waals surface area contributed by atoms with Gasteiger partial charge in [0.25, 0.3) is 6.04 Å². The van der Waals surface area contributed by atoms with Crippen LogP contribution in [-0.2, 0) is 9.59 Å². The van der Waals surface area contributed by atoms with Crippen molar-refractivity contribution in [2.24, 2.45) is 4.99 Å². The average Bonchev–Trinajstić information content (AvgIpc) is 2.76. The molecule has 1 atom stereocenters. The number of hydrogen-bond donors (Lipinski definition) is 0. The third kappa shape index (κ3) is 1.78. The molecule has 0 saturated heterocycles. The van der Waals surface area contributed by atoms with E-state index in [9.17, 15) is 19.7 Å². The molecule has 1 unspecified atom stereocenters. The molecule has 1 aliphatic carbocycles. The van der Waals surface area contributed by atoms with Crippen LogP contribution in [0.25, 0.3) is 0 Å². The number of carbonyl (C=O) groups excluding carboxylic acids is 2. The van der Waals surface area contributed by atoms with Crippen LogP contribution in [0.1, 0.15) is 5.56 Å². The largest absolute Gasteiger partial charge is 0.294 e. The van der Waals surface area contributed by atoms with Gasteiger partial charge in [-0.2, -0.15) is 0 Å². The van der Waals surface area contributed by atoms with E-state index in [0.29, 0.717) is 5.56 Å². The molecule has 6 heteroatoms. The fraction of sp³-hybridized carbons (Fsp3) is 0.0714. The van der Waals surface area contributed by atoms with E-state index in [1.165, 1.54) is 0 Å². The lowest BCUT2D eigenvalue weighted by Gasteiger charge is -2.07. The van der Waals surface area contributed by atoms with Crippen LogP contribution >= 0.6 is 0 Å². The van der Waals surface area contributed by atoms with E-state index >= 15 is 0 Å². The van der Waals surface area contributed by atoms with Crippen LogP contribution in [0.2, 0.25) is 0 Å². The minimum Gasteiger partial charge on any atom is -0.287 e. The molecule has 3 rings (SSSR count). The smallest absolute Gasteiger partial charge is 0.287 e. The lowest BCUT2D eigenvalue weighted by atomic mass is 9.96. The van der Waals surface area contributed by atoms with Crippen LogP contribution in [-0.4, -0.2) is 28.2 Å². The Morgan fingerprint density at radius 2 is 1.85 bits per heavy atom. The summed E-state index contributed by atoms with van der Waals surface area (Å²) >= 11 is 0. The fourth-order valence-electron chi connectivity index (χ4n) is 2.16. The van der Waals surface area contributed by atoms with Gasteiger partial charge in [0.05, 0.1) is 11.3 Å². The van der Waals surface area contributed by atoms with Crippen molar-refractivity contribution in [2.75, 3.05) is 0 Å². The number of carbonyl (C=O) groups is 2. The van der Waals surface area contributed by atoms with E-state index in [0.717, 1.165) is 12.2 Å². The number of nitrogens with zero attached hydrogens (tertiary/aromatic N) is 2. The van der Waals surface area contributed by atoms with Gasteiger partial charge in [-0.1, -0.05) is 30.3 Å². The Labute approximate surface area is 113 Å². The standard InChI is InChI=1S/C14H8N2O4/c17-12-6-9-10(7-11(12)16(19)20)15-13(14(9)18)8-4-2-1-3-5-8/h1-7,11H. The summed E-state index contributed by atoms with van der Waals surface area (Å²) in [6, 6.07) is 7.33. The van der Waals surface area contributed by atoms with E-state index in [1.54, 1.807) is 30.3 Å². The Morgan fingerprint density at radius 1 is 1.15 bits per heavy atom. The maximum Gasteiger partial charge on any atom is 0.294 e. The molecule has 1 heterocycles. The monoisotopic (exact) mass is 268 g/mol. The lowest BCUT2D eigenvalue weighted by molar-refractivity contribution is -0.494. The molecule has 1 aromatic carbocycles. The molecule has 6 nitrogen and oxygen atoms in total. The van der Waals surface area contributed by atoms with Gasteiger partial charge in [0.15, 0.2) is 0 Å². The fourth-order valence-corrected chi connectivity index (χ4v) is 2.16. The molecule has 1 aliphatic heterocycles. The minimum absolute atomic E-state index is 0.131. The summed E-state index contributed by atoms with van der Waals surface area (Å²) < 4.78 is 0. The number of benzene rings is 1. The molecule has 0 amide bonds. The third-order valence-corrected chi connectivity index (χ3v) is 3.14. The highest BCUT2D eigenvalue weighted by Crippen LogP contribution is 2.28. The summed E-state index contributed by atoms with van der Waals surface area (Å²) in [5, 5.41) is 10.8. The molecule has 0 saturated carbocycles. The molecular formula is C14H8N2O4. The first-order valence-electron chi connectivity index (χ1n) is 5.88.